The SMILES string of the molecule is CC(Nc1cccc(OCC#N)c1)C1CC2C=CC1C2. The number of nitriles is 1. The third-order valence-corrected chi connectivity index (χ3v) is 4.50. The third kappa shape index (κ3) is 2.65. The van der Waals surface area contributed by atoms with E-state index in [0.717, 1.165) is 29.2 Å². The minimum Gasteiger partial charge on any atom is -0.479 e. The monoisotopic (exact) mass is 268 g/mol. The zero-order chi connectivity index (χ0) is 13.9. The van der Waals surface area contributed by atoms with Gasteiger partial charge < -0.3 is 10.1 Å². The Labute approximate surface area is 120 Å². The molecule has 1 N–H and O–H groups in total. The van der Waals surface area contributed by atoms with Crippen LogP contribution in [0.4, 0.5) is 5.69 Å². The second-order valence-corrected chi connectivity index (χ2v) is 5.85. The van der Waals surface area contributed by atoms with E-state index in [1.54, 1.807) is 0 Å². The summed E-state index contributed by atoms with van der Waals surface area (Å²) in [4.78, 5) is 0. The van der Waals surface area contributed by atoms with Crippen LogP contribution >= 0.6 is 0 Å². The highest BCUT2D eigenvalue weighted by atomic mass is 16.5. The van der Waals surface area contributed by atoms with Crippen molar-refractivity contribution < 1.29 is 4.74 Å². The first-order valence-electron chi connectivity index (χ1n) is 7.31. The van der Waals surface area contributed by atoms with Gasteiger partial charge in [0, 0.05) is 17.8 Å². The molecule has 2 aliphatic carbocycles. The summed E-state index contributed by atoms with van der Waals surface area (Å²) >= 11 is 0. The largest absolute Gasteiger partial charge is 0.479 e. The summed E-state index contributed by atoms with van der Waals surface area (Å²) in [5.41, 5.74) is 1.07. The zero-order valence-electron chi connectivity index (χ0n) is 11.8. The predicted molar refractivity (Wildman–Crippen MR) is 79.5 cm³/mol. The highest BCUT2D eigenvalue weighted by molar-refractivity contribution is 5.49. The van der Waals surface area contributed by atoms with Crippen LogP contribution in [0.25, 0.3) is 0 Å². The Hall–Kier alpha value is -1.95. The topological polar surface area (TPSA) is 45.0 Å². The smallest absolute Gasteiger partial charge is 0.174 e. The molecule has 1 aromatic rings. The van der Waals surface area contributed by atoms with Gasteiger partial charge in [-0.25, -0.2) is 0 Å². The first-order valence-corrected chi connectivity index (χ1v) is 7.31. The lowest BCUT2D eigenvalue weighted by Crippen LogP contribution is -2.28. The van der Waals surface area contributed by atoms with Crippen molar-refractivity contribution in [3.05, 3.63) is 36.4 Å². The molecule has 1 saturated carbocycles. The van der Waals surface area contributed by atoms with E-state index in [2.05, 4.69) is 30.5 Å². The number of nitrogens with zero attached hydrogens (tertiary/aromatic N) is 1. The molecular weight excluding hydrogens is 248 g/mol. The van der Waals surface area contributed by atoms with Crippen LogP contribution in [0.1, 0.15) is 19.8 Å². The van der Waals surface area contributed by atoms with Crippen molar-refractivity contribution in [3.63, 3.8) is 0 Å². The van der Waals surface area contributed by atoms with Crippen molar-refractivity contribution in [1.29, 1.82) is 5.26 Å². The molecule has 0 heterocycles. The van der Waals surface area contributed by atoms with E-state index in [1.165, 1.54) is 12.8 Å². The number of rotatable bonds is 5. The second kappa shape index (κ2) is 5.58. The van der Waals surface area contributed by atoms with Crippen molar-refractivity contribution in [3.8, 4) is 11.8 Å². The van der Waals surface area contributed by atoms with Gasteiger partial charge >= 0.3 is 0 Å². The van der Waals surface area contributed by atoms with Crippen LogP contribution in [0.5, 0.6) is 5.75 Å². The molecular formula is C17H20N2O. The third-order valence-electron chi connectivity index (χ3n) is 4.50. The van der Waals surface area contributed by atoms with Gasteiger partial charge in [-0.2, -0.15) is 5.26 Å². The Bertz CT molecular complexity index is 546. The van der Waals surface area contributed by atoms with Crippen LogP contribution < -0.4 is 10.1 Å². The maximum atomic E-state index is 8.55. The highest BCUT2D eigenvalue weighted by Gasteiger charge is 2.38. The summed E-state index contributed by atoms with van der Waals surface area (Å²) < 4.78 is 5.34. The number of hydrogen-bond donors (Lipinski definition) is 1. The number of anilines is 1. The lowest BCUT2D eigenvalue weighted by Gasteiger charge is -2.27. The normalized spacial score (nSPS) is 28.1. The minimum absolute atomic E-state index is 0.0934. The van der Waals surface area contributed by atoms with Crippen molar-refractivity contribution in [1.82, 2.24) is 0 Å². The summed E-state index contributed by atoms with van der Waals surface area (Å²) in [6.45, 7) is 2.36. The minimum atomic E-state index is 0.0934. The Kier molecular flexibility index (Phi) is 3.64. The lowest BCUT2D eigenvalue weighted by atomic mass is 9.87. The van der Waals surface area contributed by atoms with E-state index < -0.39 is 0 Å². The Morgan fingerprint density at radius 1 is 1.40 bits per heavy atom. The van der Waals surface area contributed by atoms with Gasteiger partial charge in [0.2, 0.25) is 0 Å². The van der Waals surface area contributed by atoms with E-state index in [1.807, 2.05) is 24.3 Å². The molecule has 0 spiro atoms. The molecule has 0 amide bonds. The average molecular weight is 268 g/mol. The number of ether oxygens (including phenoxy) is 1. The lowest BCUT2D eigenvalue weighted by molar-refractivity contribution is 0.368. The van der Waals surface area contributed by atoms with Crippen molar-refractivity contribution in [2.24, 2.45) is 17.8 Å². The van der Waals surface area contributed by atoms with Crippen molar-refractivity contribution in [2.45, 2.75) is 25.8 Å². The van der Waals surface area contributed by atoms with E-state index in [-0.39, 0.29) is 6.61 Å². The summed E-state index contributed by atoms with van der Waals surface area (Å²) in [6, 6.07) is 10.3. The summed E-state index contributed by atoms with van der Waals surface area (Å²) in [6.07, 6.45) is 7.41. The molecule has 0 aromatic heterocycles. The number of nitrogens with one attached hydrogen (secondary N) is 1. The highest BCUT2D eigenvalue weighted by Crippen LogP contribution is 2.45. The van der Waals surface area contributed by atoms with Gasteiger partial charge in [-0.3, -0.25) is 0 Å². The molecule has 104 valence electrons. The second-order valence-electron chi connectivity index (χ2n) is 5.85. The summed E-state index contributed by atoms with van der Waals surface area (Å²) in [5, 5.41) is 12.1. The first-order chi connectivity index (χ1) is 9.76. The van der Waals surface area contributed by atoms with E-state index in [9.17, 15) is 0 Å². The average Bonchev–Trinajstić information content (AvgIpc) is 3.08. The zero-order valence-corrected chi connectivity index (χ0v) is 11.8. The number of hydrogen-bond acceptors (Lipinski definition) is 3. The van der Waals surface area contributed by atoms with Gasteiger partial charge in [-0.1, -0.05) is 18.2 Å². The summed E-state index contributed by atoms with van der Waals surface area (Å²) in [5.74, 6) is 3.03. The molecule has 3 rings (SSSR count). The molecule has 3 nitrogen and oxygen atoms in total. The Morgan fingerprint density at radius 2 is 2.30 bits per heavy atom. The maximum absolute atomic E-state index is 8.55. The maximum Gasteiger partial charge on any atom is 0.174 e. The summed E-state index contributed by atoms with van der Waals surface area (Å²) in [7, 11) is 0. The molecule has 1 fully saturated rings. The van der Waals surface area contributed by atoms with Crippen LogP contribution in [0, 0.1) is 29.1 Å². The van der Waals surface area contributed by atoms with Crippen LogP contribution in [0.15, 0.2) is 36.4 Å². The van der Waals surface area contributed by atoms with Crippen molar-refractivity contribution >= 4 is 5.69 Å². The number of benzene rings is 1. The Morgan fingerprint density at radius 3 is 3.00 bits per heavy atom. The quantitative estimate of drug-likeness (QED) is 0.830. The van der Waals surface area contributed by atoms with Gasteiger partial charge in [-0.05, 0) is 49.7 Å². The van der Waals surface area contributed by atoms with E-state index in [4.69, 9.17) is 10.00 Å². The fourth-order valence-electron chi connectivity index (χ4n) is 3.56. The van der Waals surface area contributed by atoms with E-state index >= 15 is 0 Å². The predicted octanol–water partition coefficient (Wildman–Crippen LogP) is 3.60. The molecule has 4 atom stereocenters. The van der Waals surface area contributed by atoms with Crippen LogP contribution in [-0.2, 0) is 0 Å². The van der Waals surface area contributed by atoms with Crippen molar-refractivity contribution in [2.75, 3.05) is 11.9 Å². The van der Waals surface area contributed by atoms with Gasteiger partial charge in [0.15, 0.2) is 6.61 Å². The van der Waals surface area contributed by atoms with Gasteiger partial charge in [-0.15, -0.1) is 0 Å². The van der Waals surface area contributed by atoms with Crippen LogP contribution in [-0.4, -0.2) is 12.6 Å². The molecule has 1 aromatic carbocycles. The standard InChI is InChI=1S/C17H20N2O/c1-12(17-10-13-5-6-14(17)9-13)19-15-3-2-4-16(11-15)20-8-7-18/h2-6,11-14,17,19H,8-10H2,1H3. The molecule has 3 heteroatoms. The Balaban J connectivity index is 1.62. The molecule has 20 heavy (non-hydrogen) atoms. The number of allylic oxidation sites excluding steroid dienone is 2. The first kappa shape index (κ1) is 13.1. The van der Waals surface area contributed by atoms with Crippen LogP contribution in [0.2, 0.25) is 0 Å². The molecule has 0 radical (unpaired) electrons. The van der Waals surface area contributed by atoms with Crippen LogP contribution in [0.3, 0.4) is 0 Å². The van der Waals surface area contributed by atoms with Gasteiger partial charge in [0.25, 0.3) is 0 Å². The molecule has 4 unspecified atom stereocenters. The van der Waals surface area contributed by atoms with Gasteiger partial charge in [0.05, 0.1) is 0 Å². The molecule has 0 aliphatic heterocycles. The van der Waals surface area contributed by atoms with E-state index in [0.29, 0.717) is 6.04 Å². The fraction of sp³-hybridized carbons (Fsp3) is 0.471. The van der Waals surface area contributed by atoms with Gasteiger partial charge in [0.1, 0.15) is 11.8 Å². The molecule has 0 saturated heterocycles. The number of fused-ring (bicyclic) bond motifs is 2. The fourth-order valence-corrected chi connectivity index (χ4v) is 3.56. The molecule has 2 aliphatic rings. The molecule has 2 bridgehead atoms.